The van der Waals surface area contributed by atoms with Gasteiger partial charge in [-0.3, -0.25) is 0 Å². The van der Waals surface area contributed by atoms with Crippen molar-refractivity contribution in [3.63, 3.8) is 0 Å². The van der Waals surface area contributed by atoms with Gasteiger partial charge in [0.05, 0.1) is 0 Å². The van der Waals surface area contributed by atoms with Crippen LogP contribution in [0, 0.1) is 23.9 Å². The summed E-state index contributed by atoms with van der Waals surface area (Å²) in [5.74, 6) is 0. The zero-order valence-corrected chi connectivity index (χ0v) is 21.5. The van der Waals surface area contributed by atoms with Crippen molar-refractivity contribution in [1.29, 1.82) is 0 Å². The Morgan fingerprint density at radius 1 is 0.382 bits per heavy atom. The Kier molecular flexibility index (Phi) is 7.66. The van der Waals surface area contributed by atoms with Crippen LogP contribution in [0.5, 0.6) is 0 Å². The Labute approximate surface area is 206 Å². The first-order valence-corrected chi connectivity index (χ1v) is 17.6. The van der Waals surface area contributed by atoms with E-state index in [4.69, 9.17) is 12.8 Å². The largest absolute Gasteiger partial charge is 0.153 e. The first-order chi connectivity index (χ1) is 16.7. The van der Waals surface area contributed by atoms with Crippen molar-refractivity contribution >= 4 is 15.2 Å². The molecule has 0 aliphatic rings. The van der Waals surface area contributed by atoms with Gasteiger partial charge in [-0.15, -0.1) is 23.9 Å². The maximum atomic E-state index is 6.62. The molecule has 2 heteroatoms. The van der Waals surface area contributed by atoms with E-state index in [9.17, 15) is 0 Å². The van der Waals surface area contributed by atoms with Crippen LogP contribution < -0.4 is 0 Å². The minimum absolute atomic E-state index is 0.912. The maximum Gasteiger partial charge on any atom is 0.153 e. The quantitative estimate of drug-likeness (QED) is 0.195. The Hall–Kier alpha value is -3.57. The minimum Gasteiger partial charge on any atom is -0.136 e. The Bertz CT molecular complexity index is 1060. The molecule has 0 heterocycles. The molecule has 0 atom stereocenters. The SMILES string of the molecule is C#C[Si](Cc1ccccc1)(Cc1ccccc1)[Si](C#C)(Cc1ccccc1)Cc1ccccc1. The lowest BCUT2D eigenvalue weighted by molar-refractivity contribution is 1.20. The Balaban J connectivity index is 1.90. The number of hydrogen-bond donors (Lipinski definition) is 0. The molecule has 4 aromatic rings. The van der Waals surface area contributed by atoms with Gasteiger partial charge in [0, 0.05) is 0 Å². The zero-order valence-electron chi connectivity index (χ0n) is 19.5. The van der Waals surface area contributed by atoms with Crippen LogP contribution in [-0.4, -0.2) is 15.2 Å². The second-order valence-corrected chi connectivity index (χ2v) is 21.2. The predicted octanol–water partition coefficient (Wildman–Crippen LogP) is 6.43. The van der Waals surface area contributed by atoms with Gasteiger partial charge in [0.15, 0.2) is 15.2 Å². The van der Waals surface area contributed by atoms with E-state index in [1.807, 2.05) is 0 Å². The summed E-state index contributed by atoms with van der Waals surface area (Å²) in [7, 11) is -4.93. The van der Waals surface area contributed by atoms with E-state index in [0.29, 0.717) is 0 Å². The first-order valence-electron chi connectivity index (χ1n) is 11.8. The molecule has 0 spiro atoms. The topological polar surface area (TPSA) is 0 Å². The van der Waals surface area contributed by atoms with Crippen molar-refractivity contribution in [1.82, 2.24) is 0 Å². The van der Waals surface area contributed by atoms with Crippen molar-refractivity contribution in [2.24, 2.45) is 0 Å². The number of terminal acetylenes is 2. The normalized spacial score (nSPS) is 11.4. The lowest BCUT2D eigenvalue weighted by atomic mass is 10.2. The lowest BCUT2D eigenvalue weighted by Crippen LogP contribution is -2.68. The van der Waals surface area contributed by atoms with Gasteiger partial charge in [0.2, 0.25) is 0 Å². The van der Waals surface area contributed by atoms with Crippen LogP contribution in [0.25, 0.3) is 0 Å². The third-order valence-electron chi connectivity index (χ3n) is 6.86. The molecule has 0 fully saturated rings. The van der Waals surface area contributed by atoms with Gasteiger partial charge in [-0.05, 0) is 46.4 Å². The van der Waals surface area contributed by atoms with E-state index in [1.165, 1.54) is 22.3 Å². The highest BCUT2D eigenvalue weighted by Crippen LogP contribution is 2.32. The predicted molar refractivity (Wildman–Crippen MR) is 150 cm³/mol. The van der Waals surface area contributed by atoms with Gasteiger partial charge in [0.25, 0.3) is 0 Å². The van der Waals surface area contributed by atoms with Crippen molar-refractivity contribution in [2.75, 3.05) is 0 Å². The van der Waals surface area contributed by atoms with Crippen molar-refractivity contribution in [3.8, 4) is 23.9 Å². The summed E-state index contributed by atoms with van der Waals surface area (Å²) in [6.45, 7) is 0. The molecule has 0 bridgehead atoms. The van der Waals surface area contributed by atoms with Crippen molar-refractivity contribution in [3.05, 3.63) is 144 Å². The van der Waals surface area contributed by atoms with Crippen molar-refractivity contribution in [2.45, 2.75) is 24.2 Å². The second kappa shape index (κ2) is 11.0. The van der Waals surface area contributed by atoms with E-state index in [1.54, 1.807) is 0 Å². The monoisotopic (exact) mass is 470 g/mol. The third-order valence-corrected chi connectivity index (χ3v) is 22.3. The Morgan fingerprint density at radius 3 is 0.765 bits per heavy atom. The highest BCUT2D eigenvalue weighted by Gasteiger charge is 2.54. The standard InChI is InChI=1S/C32H30Si2/c1-3-33(25-29-17-9-5-10-18-29,26-30-19-11-6-12-20-30)34(4-2,27-31-21-13-7-14-22-31)28-32-23-15-8-16-24-32/h1-2,5-24H,25-28H2. The molecule has 0 unspecified atom stereocenters. The third kappa shape index (κ3) is 5.32. The number of hydrogen-bond acceptors (Lipinski definition) is 0. The first kappa shape index (κ1) is 23.6. The van der Waals surface area contributed by atoms with Gasteiger partial charge >= 0.3 is 0 Å². The fraction of sp³-hybridized carbons (Fsp3) is 0.125. The molecule has 0 aliphatic carbocycles. The molecule has 0 aromatic heterocycles. The summed E-state index contributed by atoms with van der Waals surface area (Å²) in [6.07, 6.45) is 13.2. The molecule has 166 valence electrons. The molecule has 0 aliphatic heterocycles. The molecule has 0 nitrogen and oxygen atoms in total. The smallest absolute Gasteiger partial charge is 0.136 e. The van der Waals surface area contributed by atoms with Gasteiger partial charge < -0.3 is 0 Å². The van der Waals surface area contributed by atoms with Crippen LogP contribution in [-0.2, 0) is 24.2 Å². The molecule has 0 saturated heterocycles. The minimum atomic E-state index is -2.47. The highest BCUT2D eigenvalue weighted by molar-refractivity contribution is 7.47. The van der Waals surface area contributed by atoms with Crippen LogP contribution in [0.4, 0.5) is 0 Å². The summed E-state index contributed by atoms with van der Waals surface area (Å²) in [5.41, 5.74) is 12.2. The second-order valence-electron chi connectivity index (χ2n) is 9.10. The summed E-state index contributed by atoms with van der Waals surface area (Å²) in [6, 6.07) is 46.5. The molecule has 34 heavy (non-hydrogen) atoms. The van der Waals surface area contributed by atoms with E-state index >= 15 is 0 Å². The van der Waals surface area contributed by atoms with Crippen molar-refractivity contribution < 1.29 is 0 Å². The molecular formula is C32H30Si2. The van der Waals surface area contributed by atoms with Gasteiger partial charge in [0.1, 0.15) is 0 Å². The van der Waals surface area contributed by atoms with E-state index in [-0.39, 0.29) is 0 Å². The number of benzene rings is 4. The van der Waals surface area contributed by atoms with Gasteiger partial charge in [-0.2, -0.15) is 0 Å². The fourth-order valence-electron chi connectivity index (χ4n) is 5.06. The van der Waals surface area contributed by atoms with Crippen LogP contribution in [0.3, 0.4) is 0 Å². The van der Waals surface area contributed by atoms with E-state index in [0.717, 1.165) is 24.2 Å². The van der Waals surface area contributed by atoms with Gasteiger partial charge in [-0.1, -0.05) is 121 Å². The summed E-state index contributed by atoms with van der Waals surface area (Å²) >= 11 is 0. The van der Waals surface area contributed by atoms with Crippen LogP contribution >= 0.6 is 0 Å². The lowest BCUT2D eigenvalue weighted by Gasteiger charge is -2.42. The molecule has 0 N–H and O–H groups in total. The molecule has 0 saturated carbocycles. The average Bonchev–Trinajstić information content (AvgIpc) is 2.90. The molecule has 4 rings (SSSR count). The van der Waals surface area contributed by atoms with E-state index < -0.39 is 15.2 Å². The summed E-state index contributed by atoms with van der Waals surface area (Å²) in [4.78, 5) is 0. The average molecular weight is 471 g/mol. The van der Waals surface area contributed by atoms with E-state index in [2.05, 4.69) is 132 Å². The molecular weight excluding hydrogens is 441 g/mol. The zero-order chi connectivity index (χ0) is 23.7. The number of rotatable bonds is 9. The van der Waals surface area contributed by atoms with Crippen LogP contribution in [0.1, 0.15) is 22.3 Å². The Morgan fingerprint density at radius 2 is 0.588 bits per heavy atom. The highest BCUT2D eigenvalue weighted by atomic mass is 29.3. The van der Waals surface area contributed by atoms with Crippen LogP contribution in [0.2, 0.25) is 0 Å². The molecule has 4 aromatic carbocycles. The molecule has 0 amide bonds. The summed E-state index contributed by atoms with van der Waals surface area (Å²) in [5, 5.41) is 0. The van der Waals surface area contributed by atoms with Crippen LogP contribution in [0.15, 0.2) is 121 Å². The summed E-state index contributed by atoms with van der Waals surface area (Å²) < 4.78 is 0. The van der Waals surface area contributed by atoms with Gasteiger partial charge in [-0.25, -0.2) is 0 Å². The maximum absolute atomic E-state index is 6.62. The molecule has 0 radical (unpaired) electrons. The fourth-order valence-corrected chi connectivity index (χ4v) is 19.5.